The Morgan fingerprint density at radius 2 is 2.26 bits per heavy atom. The Hall–Kier alpha value is -2.15. The van der Waals surface area contributed by atoms with E-state index in [2.05, 4.69) is 15.3 Å². The minimum absolute atomic E-state index is 0.314. The quantitative estimate of drug-likeness (QED) is 0.793. The number of carboxylic acid groups (broad SMARTS) is 1. The van der Waals surface area contributed by atoms with Crippen molar-refractivity contribution in [3.63, 3.8) is 0 Å². The standard InChI is InChI=1S/C12H13N3O3S/c1-6(12(17)18)14-11(16)9-3-8(4-13-9)10-5-19-7(2)15-10/h3-6,13H,1-2H3,(H,14,16)(H,17,18)/t6-/m1/s1. The molecule has 0 bridgehead atoms. The first-order chi connectivity index (χ1) is 8.97. The van der Waals surface area contributed by atoms with Gasteiger partial charge in [0.1, 0.15) is 11.7 Å². The Bertz CT molecular complexity index is 617. The molecule has 19 heavy (non-hydrogen) atoms. The third-order valence-corrected chi connectivity index (χ3v) is 3.33. The molecule has 0 aliphatic heterocycles. The summed E-state index contributed by atoms with van der Waals surface area (Å²) >= 11 is 1.53. The van der Waals surface area contributed by atoms with Gasteiger partial charge in [0.15, 0.2) is 0 Å². The third-order valence-electron chi connectivity index (χ3n) is 2.56. The van der Waals surface area contributed by atoms with E-state index < -0.39 is 17.9 Å². The van der Waals surface area contributed by atoms with Gasteiger partial charge < -0.3 is 15.4 Å². The molecule has 0 aliphatic carbocycles. The molecule has 3 N–H and O–H groups in total. The summed E-state index contributed by atoms with van der Waals surface area (Å²) in [5.74, 6) is -1.52. The van der Waals surface area contributed by atoms with Crippen LogP contribution in [0, 0.1) is 6.92 Å². The summed E-state index contributed by atoms with van der Waals surface area (Å²) in [4.78, 5) is 29.6. The van der Waals surface area contributed by atoms with Gasteiger partial charge in [-0.1, -0.05) is 0 Å². The van der Waals surface area contributed by atoms with Crippen LogP contribution >= 0.6 is 11.3 Å². The lowest BCUT2D eigenvalue weighted by Crippen LogP contribution is -2.38. The topological polar surface area (TPSA) is 95.1 Å². The van der Waals surface area contributed by atoms with Crippen LogP contribution in [-0.4, -0.2) is 33.0 Å². The highest BCUT2D eigenvalue weighted by Gasteiger charge is 2.17. The van der Waals surface area contributed by atoms with Gasteiger partial charge in [0, 0.05) is 17.1 Å². The molecule has 0 aliphatic rings. The molecule has 0 aromatic carbocycles. The van der Waals surface area contributed by atoms with Gasteiger partial charge in [-0.05, 0) is 19.9 Å². The minimum atomic E-state index is -1.07. The lowest BCUT2D eigenvalue weighted by Gasteiger charge is -2.07. The van der Waals surface area contributed by atoms with E-state index in [-0.39, 0.29) is 0 Å². The highest BCUT2D eigenvalue weighted by Crippen LogP contribution is 2.22. The van der Waals surface area contributed by atoms with Crippen molar-refractivity contribution in [2.75, 3.05) is 0 Å². The smallest absolute Gasteiger partial charge is 0.325 e. The number of nitrogens with one attached hydrogen (secondary N) is 2. The lowest BCUT2D eigenvalue weighted by molar-refractivity contribution is -0.138. The van der Waals surface area contributed by atoms with E-state index in [0.717, 1.165) is 16.3 Å². The van der Waals surface area contributed by atoms with E-state index in [0.29, 0.717) is 5.69 Å². The Morgan fingerprint density at radius 1 is 1.53 bits per heavy atom. The first-order valence-corrected chi connectivity index (χ1v) is 6.50. The Labute approximate surface area is 113 Å². The molecule has 7 heteroatoms. The summed E-state index contributed by atoms with van der Waals surface area (Å²) in [6.07, 6.45) is 1.68. The van der Waals surface area contributed by atoms with Crippen molar-refractivity contribution in [3.8, 4) is 11.3 Å². The molecule has 0 radical (unpaired) electrons. The fraction of sp³-hybridized carbons (Fsp3) is 0.250. The van der Waals surface area contributed by atoms with Crippen molar-refractivity contribution in [3.05, 3.63) is 28.3 Å². The predicted molar refractivity (Wildman–Crippen MR) is 71.2 cm³/mol. The zero-order chi connectivity index (χ0) is 14.0. The normalized spacial score (nSPS) is 12.1. The predicted octanol–water partition coefficient (Wildman–Crippen LogP) is 1.65. The van der Waals surface area contributed by atoms with Crippen LogP contribution < -0.4 is 5.32 Å². The fourth-order valence-electron chi connectivity index (χ4n) is 1.51. The molecule has 6 nitrogen and oxygen atoms in total. The number of hydrogen-bond donors (Lipinski definition) is 3. The zero-order valence-corrected chi connectivity index (χ0v) is 11.2. The van der Waals surface area contributed by atoms with Crippen molar-refractivity contribution in [2.45, 2.75) is 19.9 Å². The van der Waals surface area contributed by atoms with Crippen LogP contribution in [0.1, 0.15) is 22.4 Å². The van der Waals surface area contributed by atoms with Gasteiger partial charge in [0.2, 0.25) is 0 Å². The van der Waals surface area contributed by atoms with E-state index in [1.165, 1.54) is 18.3 Å². The van der Waals surface area contributed by atoms with Crippen molar-refractivity contribution in [1.29, 1.82) is 0 Å². The molecule has 0 unspecified atom stereocenters. The number of carboxylic acids is 1. The first-order valence-electron chi connectivity index (χ1n) is 5.62. The largest absolute Gasteiger partial charge is 0.480 e. The summed E-state index contributed by atoms with van der Waals surface area (Å²) in [6.45, 7) is 3.32. The van der Waals surface area contributed by atoms with E-state index in [4.69, 9.17) is 5.11 Å². The van der Waals surface area contributed by atoms with Crippen LogP contribution in [0.2, 0.25) is 0 Å². The second kappa shape index (κ2) is 5.23. The van der Waals surface area contributed by atoms with Crippen LogP contribution in [0.4, 0.5) is 0 Å². The number of nitrogens with zero attached hydrogens (tertiary/aromatic N) is 1. The van der Waals surface area contributed by atoms with Crippen LogP contribution in [-0.2, 0) is 4.79 Å². The number of hydrogen-bond acceptors (Lipinski definition) is 4. The van der Waals surface area contributed by atoms with Gasteiger partial charge in [-0.15, -0.1) is 11.3 Å². The van der Waals surface area contributed by atoms with Crippen LogP contribution in [0.5, 0.6) is 0 Å². The minimum Gasteiger partial charge on any atom is -0.480 e. The molecule has 2 heterocycles. The Kier molecular flexibility index (Phi) is 3.66. The number of H-pyrrole nitrogens is 1. The maximum atomic E-state index is 11.8. The first kappa shape index (κ1) is 13.3. The number of carbonyl (C=O) groups excluding carboxylic acids is 1. The molecule has 0 saturated heterocycles. The Balaban J connectivity index is 2.13. The number of thiazole rings is 1. The lowest BCUT2D eigenvalue weighted by atomic mass is 10.2. The van der Waals surface area contributed by atoms with E-state index in [1.54, 1.807) is 12.3 Å². The number of rotatable bonds is 4. The van der Waals surface area contributed by atoms with Crippen molar-refractivity contribution >= 4 is 23.2 Å². The molecular weight excluding hydrogens is 266 g/mol. The number of aromatic amines is 1. The average Bonchev–Trinajstić information content (AvgIpc) is 2.96. The van der Waals surface area contributed by atoms with Crippen LogP contribution in [0.15, 0.2) is 17.6 Å². The number of aromatic nitrogens is 2. The van der Waals surface area contributed by atoms with E-state index in [1.807, 2.05) is 12.3 Å². The molecule has 1 atom stereocenters. The SMILES string of the molecule is Cc1nc(-c2c[nH]c(C(=O)N[C@H](C)C(=O)O)c2)cs1. The van der Waals surface area contributed by atoms with Gasteiger partial charge in [-0.2, -0.15) is 0 Å². The van der Waals surface area contributed by atoms with Crippen molar-refractivity contribution in [1.82, 2.24) is 15.3 Å². The molecule has 2 rings (SSSR count). The maximum Gasteiger partial charge on any atom is 0.325 e. The van der Waals surface area contributed by atoms with E-state index in [9.17, 15) is 9.59 Å². The molecule has 0 spiro atoms. The molecule has 100 valence electrons. The molecule has 1 amide bonds. The average molecular weight is 279 g/mol. The summed E-state index contributed by atoms with van der Waals surface area (Å²) in [5.41, 5.74) is 1.91. The second-order valence-corrected chi connectivity index (χ2v) is 5.15. The van der Waals surface area contributed by atoms with Gasteiger partial charge in [0.25, 0.3) is 5.91 Å². The number of aliphatic carboxylic acids is 1. The molecule has 2 aromatic rings. The molecule has 0 fully saturated rings. The zero-order valence-electron chi connectivity index (χ0n) is 10.4. The monoisotopic (exact) mass is 279 g/mol. The molecule has 0 saturated carbocycles. The van der Waals surface area contributed by atoms with Crippen LogP contribution in [0.25, 0.3) is 11.3 Å². The number of aryl methyl sites for hydroxylation is 1. The van der Waals surface area contributed by atoms with Gasteiger partial charge >= 0.3 is 5.97 Å². The summed E-state index contributed by atoms with van der Waals surface area (Å²) in [5, 5.41) is 14.0. The summed E-state index contributed by atoms with van der Waals surface area (Å²) in [7, 11) is 0. The van der Waals surface area contributed by atoms with Gasteiger partial charge in [-0.3, -0.25) is 9.59 Å². The highest BCUT2D eigenvalue weighted by atomic mass is 32.1. The fourth-order valence-corrected chi connectivity index (χ4v) is 2.13. The second-order valence-electron chi connectivity index (χ2n) is 4.09. The van der Waals surface area contributed by atoms with Crippen molar-refractivity contribution in [2.24, 2.45) is 0 Å². The van der Waals surface area contributed by atoms with E-state index >= 15 is 0 Å². The number of carbonyl (C=O) groups is 2. The van der Waals surface area contributed by atoms with Crippen molar-refractivity contribution < 1.29 is 14.7 Å². The third kappa shape index (κ3) is 3.00. The van der Waals surface area contributed by atoms with Gasteiger partial charge in [-0.25, -0.2) is 4.98 Å². The highest BCUT2D eigenvalue weighted by molar-refractivity contribution is 7.09. The number of amides is 1. The Morgan fingerprint density at radius 3 is 2.84 bits per heavy atom. The molecule has 2 aromatic heterocycles. The van der Waals surface area contributed by atoms with Gasteiger partial charge in [0.05, 0.1) is 10.7 Å². The maximum absolute atomic E-state index is 11.8. The summed E-state index contributed by atoms with van der Waals surface area (Å²) < 4.78 is 0. The summed E-state index contributed by atoms with van der Waals surface area (Å²) in [6, 6.07) is 0.721. The van der Waals surface area contributed by atoms with Crippen LogP contribution in [0.3, 0.4) is 0 Å². The molecular formula is C12H13N3O3S.